The predicted octanol–water partition coefficient (Wildman–Crippen LogP) is 1.95. The van der Waals surface area contributed by atoms with Crippen molar-refractivity contribution in [2.75, 3.05) is 16.9 Å². The van der Waals surface area contributed by atoms with E-state index in [1.54, 1.807) is 0 Å². The minimum atomic E-state index is 0.537. The summed E-state index contributed by atoms with van der Waals surface area (Å²) in [4.78, 5) is 11.4. The van der Waals surface area contributed by atoms with Gasteiger partial charge in [-0.25, -0.2) is 15.8 Å². The number of nitrogens with one attached hydrogen (secondary N) is 1. The molecule has 5 heteroatoms. The first kappa shape index (κ1) is 13.1. The van der Waals surface area contributed by atoms with E-state index in [0.29, 0.717) is 11.9 Å². The minimum Gasteiger partial charge on any atom is -0.353 e. The molecule has 1 aliphatic rings. The summed E-state index contributed by atoms with van der Waals surface area (Å²) >= 11 is 0. The summed E-state index contributed by atoms with van der Waals surface area (Å²) in [5, 5.41) is 0. The molecule has 2 heterocycles. The normalized spacial score (nSPS) is 23.4. The van der Waals surface area contributed by atoms with Gasteiger partial charge in [-0.2, -0.15) is 0 Å². The highest BCUT2D eigenvalue weighted by atomic mass is 15.3. The third-order valence-corrected chi connectivity index (χ3v) is 3.46. The van der Waals surface area contributed by atoms with E-state index >= 15 is 0 Å². The van der Waals surface area contributed by atoms with Gasteiger partial charge in [-0.3, -0.25) is 0 Å². The fourth-order valence-corrected chi connectivity index (χ4v) is 2.66. The number of hydrogen-bond acceptors (Lipinski definition) is 5. The molecule has 0 radical (unpaired) electrons. The SMILES string of the molecule is CCCc1nc(NN)cc(N2CC(C)CC2C)n1. The van der Waals surface area contributed by atoms with E-state index in [2.05, 4.69) is 41.1 Å². The highest BCUT2D eigenvalue weighted by Gasteiger charge is 2.27. The summed E-state index contributed by atoms with van der Waals surface area (Å²) < 4.78 is 0. The molecule has 2 rings (SSSR count). The number of nitrogens with zero attached hydrogens (tertiary/aromatic N) is 3. The zero-order chi connectivity index (χ0) is 13.1. The van der Waals surface area contributed by atoms with Crippen LogP contribution in [-0.4, -0.2) is 22.6 Å². The van der Waals surface area contributed by atoms with Gasteiger partial charge in [-0.15, -0.1) is 0 Å². The van der Waals surface area contributed by atoms with Gasteiger partial charge < -0.3 is 10.3 Å². The Hall–Kier alpha value is -1.36. The molecular formula is C13H23N5. The number of nitrogen functional groups attached to an aromatic ring is 1. The second kappa shape index (κ2) is 5.52. The number of rotatable bonds is 4. The van der Waals surface area contributed by atoms with Crippen molar-refractivity contribution < 1.29 is 0 Å². The predicted molar refractivity (Wildman–Crippen MR) is 74.4 cm³/mol. The van der Waals surface area contributed by atoms with Crippen LogP contribution in [0.5, 0.6) is 0 Å². The maximum atomic E-state index is 5.49. The first-order chi connectivity index (χ1) is 8.63. The Balaban J connectivity index is 2.28. The van der Waals surface area contributed by atoms with Gasteiger partial charge in [0.05, 0.1) is 0 Å². The van der Waals surface area contributed by atoms with Gasteiger partial charge in [0.1, 0.15) is 17.5 Å². The number of hydrogen-bond donors (Lipinski definition) is 2. The van der Waals surface area contributed by atoms with Gasteiger partial charge in [0.15, 0.2) is 0 Å². The van der Waals surface area contributed by atoms with Crippen LogP contribution in [0.25, 0.3) is 0 Å². The van der Waals surface area contributed by atoms with Crippen molar-refractivity contribution in [2.45, 2.75) is 46.1 Å². The molecule has 0 saturated carbocycles. The van der Waals surface area contributed by atoms with Gasteiger partial charge >= 0.3 is 0 Å². The average molecular weight is 249 g/mol. The summed E-state index contributed by atoms with van der Waals surface area (Å²) in [6.07, 6.45) is 3.15. The molecule has 1 aliphatic heterocycles. The lowest BCUT2D eigenvalue weighted by Gasteiger charge is -2.23. The fraction of sp³-hybridized carbons (Fsp3) is 0.692. The first-order valence-corrected chi connectivity index (χ1v) is 6.75. The number of nitrogens with two attached hydrogens (primary N) is 1. The summed E-state index contributed by atoms with van der Waals surface area (Å²) in [5.41, 5.74) is 2.64. The number of anilines is 2. The molecule has 1 saturated heterocycles. The molecule has 3 N–H and O–H groups in total. The summed E-state index contributed by atoms with van der Waals surface area (Å²) in [6, 6.07) is 2.48. The highest BCUT2D eigenvalue weighted by molar-refractivity contribution is 5.50. The quantitative estimate of drug-likeness (QED) is 0.630. The van der Waals surface area contributed by atoms with Crippen molar-refractivity contribution in [1.29, 1.82) is 0 Å². The summed E-state index contributed by atoms with van der Waals surface area (Å²) in [6.45, 7) is 7.73. The molecule has 5 nitrogen and oxygen atoms in total. The smallest absolute Gasteiger partial charge is 0.145 e. The monoisotopic (exact) mass is 249 g/mol. The lowest BCUT2D eigenvalue weighted by molar-refractivity contribution is 0.625. The van der Waals surface area contributed by atoms with Crippen LogP contribution in [0.4, 0.5) is 11.6 Å². The van der Waals surface area contributed by atoms with Crippen LogP contribution in [0.15, 0.2) is 6.07 Å². The van der Waals surface area contributed by atoms with Crippen molar-refractivity contribution in [3.8, 4) is 0 Å². The Morgan fingerprint density at radius 3 is 2.78 bits per heavy atom. The number of hydrazine groups is 1. The third-order valence-electron chi connectivity index (χ3n) is 3.46. The van der Waals surface area contributed by atoms with Gasteiger partial charge in [0.25, 0.3) is 0 Å². The Labute approximate surface area is 109 Å². The summed E-state index contributed by atoms with van der Waals surface area (Å²) in [5.74, 6) is 8.78. The van der Waals surface area contributed by atoms with E-state index in [4.69, 9.17) is 5.84 Å². The van der Waals surface area contributed by atoms with E-state index in [9.17, 15) is 0 Å². The molecule has 0 aromatic carbocycles. The van der Waals surface area contributed by atoms with Crippen LogP contribution in [0, 0.1) is 5.92 Å². The lowest BCUT2D eigenvalue weighted by Crippen LogP contribution is -2.28. The number of aryl methyl sites for hydroxylation is 1. The van der Waals surface area contributed by atoms with Crippen molar-refractivity contribution in [2.24, 2.45) is 11.8 Å². The van der Waals surface area contributed by atoms with Crippen LogP contribution in [0.3, 0.4) is 0 Å². The maximum Gasteiger partial charge on any atom is 0.145 e. The molecule has 0 aliphatic carbocycles. The molecule has 0 bridgehead atoms. The van der Waals surface area contributed by atoms with Crippen molar-refractivity contribution in [3.05, 3.63) is 11.9 Å². The van der Waals surface area contributed by atoms with E-state index < -0.39 is 0 Å². The zero-order valence-electron chi connectivity index (χ0n) is 11.5. The number of aromatic nitrogens is 2. The zero-order valence-corrected chi connectivity index (χ0v) is 11.5. The largest absolute Gasteiger partial charge is 0.353 e. The molecule has 2 unspecified atom stereocenters. The van der Waals surface area contributed by atoms with Crippen LogP contribution in [0.2, 0.25) is 0 Å². The molecule has 100 valence electrons. The molecular weight excluding hydrogens is 226 g/mol. The average Bonchev–Trinajstić information content (AvgIpc) is 2.68. The topological polar surface area (TPSA) is 67.1 Å². The molecule has 0 spiro atoms. The molecule has 0 amide bonds. The Bertz CT molecular complexity index is 406. The van der Waals surface area contributed by atoms with E-state index in [-0.39, 0.29) is 0 Å². The Kier molecular flexibility index (Phi) is 4.01. The first-order valence-electron chi connectivity index (χ1n) is 6.75. The third kappa shape index (κ3) is 2.72. The van der Waals surface area contributed by atoms with Crippen LogP contribution < -0.4 is 16.2 Å². The van der Waals surface area contributed by atoms with E-state index in [1.807, 2.05) is 6.07 Å². The molecule has 1 fully saturated rings. The summed E-state index contributed by atoms with van der Waals surface area (Å²) in [7, 11) is 0. The van der Waals surface area contributed by atoms with Crippen molar-refractivity contribution >= 4 is 11.6 Å². The van der Waals surface area contributed by atoms with Crippen LogP contribution >= 0.6 is 0 Å². The standard InChI is InChI=1S/C13H23N5/c1-4-5-11-15-12(17-14)7-13(16-11)18-8-9(2)6-10(18)3/h7,9-10H,4-6,8,14H2,1-3H3,(H,15,16,17). The lowest BCUT2D eigenvalue weighted by atomic mass is 10.1. The molecule has 1 aromatic heterocycles. The molecule has 18 heavy (non-hydrogen) atoms. The minimum absolute atomic E-state index is 0.537. The second-order valence-corrected chi connectivity index (χ2v) is 5.26. The van der Waals surface area contributed by atoms with Crippen LogP contribution in [0.1, 0.15) is 39.4 Å². The van der Waals surface area contributed by atoms with Crippen molar-refractivity contribution in [1.82, 2.24) is 9.97 Å². The van der Waals surface area contributed by atoms with E-state index in [0.717, 1.165) is 36.9 Å². The van der Waals surface area contributed by atoms with Gasteiger partial charge in [-0.05, 0) is 25.7 Å². The molecule has 2 atom stereocenters. The second-order valence-electron chi connectivity index (χ2n) is 5.26. The maximum absolute atomic E-state index is 5.49. The van der Waals surface area contributed by atoms with Gasteiger partial charge in [-0.1, -0.05) is 13.8 Å². The Morgan fingerprint density at radius 2 is 2.22 bits per heavy atom. The van der Waals surface area contributed by atoms with Crippen molar-refractivity contribution in [3.63, 3.8) is 0 Å². The fourth-order valence-electron chi connectivity index (χ4n) is 2.66. The highest BCUT2D eigenvalue weighted by Crippen LogP contribution is 2.28. The van der Waals surface area contributed by atoms with E-state index in [1.165, 1.54) is 6.42 Å². The van der Waals surface area contributed by atoms with Crippen LogP contribution in [-0.2, 0) is 6.42 Å². The molecule has 1 aromatic rings. The Morgan fingerprint density at radius 1 is 1.44 bits per heavy atom. The van der Waals surface area contributed by atoms with Gasteiger partial charge in [0, 0.05) is 25.1 Å². The van der Waals surface area contributed by atoms with Gasteiger partial charge in [0.2, 0.25) is 0 Å².